The van der Waals surface area contributed by atoms with E-state index in [-0.39, 0.29) is 11.8 Å². The molecule has 132 valence electrons. The quantitative estimate of drug-likeness (QED) is 0.780. The molecule has 6 heteroatoms. The van der Waals surface area contributed by atoms with Crippen molar-refractivity contribution in [2.45, 2.75) is 12.8 Å². The monoisotopic (exact) mass is 348 g/mol. The summed E-state index contributed by atoms with van der Waals surface area (Å²) in [6, 6.07) is 11.5. The molecule has 1 aromatic carbocycles. The molecule has 1 aliphatic heterocycles. The van der Waals surface area contributed by atoms with Crippen LogP contribution in [-0.2, 0) is 4.79 Å². The van der Waals surface area contributed by atoms with Crippen molar-refractivity contribution in [3.63, 3.8) is 0 Å². The fraction of sp³-hybridized carbons (Fsp3) is 0.250. The number of furan rings is 1. The summed E-state index contributed by atoms with van der Waals surface area (Å²) in [4.78, 5) is 23.2. The van der Waals surface area contributed by atoms with E-state index in [1.807, 2.05) is 36.4 Å². The van der Waals surface area contributed by atoms with Crippen molar-refractivity contribution in [2.75, 3.05) is 23.3 Å². The van der Waals surface area contributed by atoms with Crippen LogP contribution in [0.5, 0.6) is 0 Å². The smallest absolute Gasteiger partial charge is 0.229 e. The van der Waals surface area contributed by atoms with Crippen LogP contribution in [0.1, 0.15) is 12.8 Å². The van der Waals surface area contributed by atoms with E-state index in [1.54, 1.807) is 24.9 Å². The van der Waals surface area contributed by atoms with Crippen molar-refractivity contribution in [3.8, 4) is 11.3 Å². The Balaban J connectivity index is 1.40. The van der Waals surface area contributed by atoms with Crippen LogP contribution in [0, 0.1) is 5.92 Å². The SMILES string of the molecule is O=C(Nc1ccc(-c2ccco2)cc1)C1CCCN(c2cnccn2)C1. The molecular formula is C20H20N4O2. The number of rotatable bonds is 4. The lowest BCUT2D eigenvalue weighted by Crippen LogP contribution is -2.41. The molecule has 3 aromatic rings. The Morgan fingerprint density at radius 1 is 1.19 bits per heavy atom. The van der Waals surface area contributed by atoms with Gasteiger partial charge in [0, 0.05) is 36.7 Å². The van der Waals surface area contributed by atoms with Gasteiger partial charge in [-0.05, 0) is 49.2 Å². The molecule has 1 amide bonds. The Labute approximate surface area is 151 Å². The van der Waals surface area contributed by atoms with Crippen molar-refractivity contribution in [1.29, 1.82) is 0 Å². The highest BCUT2D eigenvalue weighted by Gasteiger charge is 2.26. The normalized spacial score (nSPS) is 17.1. The highest BCUT2D eigenvalue weighted by Crippen LogP contribution is 2.24. The minimum absolute atomic E-state index is 0.0457. The van der Waals surface area contributed by atoms with Gasteiger partial charge in [-0.15, -0.1) is 0 Å². The maximum absolute atomic E-state index is 12.7. The van der Waals surface area contributed by atoms with E-state index >= 15 is 0 Å². The summed E-state index contributed by atoms with van der Waals surface area (Å²) in [5, 5.41) is 3.02. The van der Waals surface area contributed by atoms with Crippen LogP contribution in [0.3, 0.4) is 0 Å². The van der Waals surface area contributed by atoms with Crippen molar-refractivity contribution in [3.05, 3.63) is 61.3 Å². The maximum atomic E-state index is 12.7. The minimum Gasteiger partial charge on any atom is -0.464 e. The molecule has 3 heterocycles. The standard InChI is InChI=1S/C20H20N4O2/c25-20(16-3-1-11-24(14-16)19-13-21-9-10-22-19)23-17-7-5-15(6-8-17)18-4-2-12-26-18/h2,4-10,12-13,16H,1,3,11,14H2,(H,23,25). The second kappa shape index (κ2) is 7.39. The van der Waals surface area contributed by atoms with Gasteiger partial charge in [-0.25, -0.2) is 4.98 Å². The Hall–Kier alpha value is -3.15. The third-order valence-electron chi connectivity index (χ3n) is 4.62. The molecule has 1 aliphatic rings. The van der Waals surface area contributed by atoms with E-state index in [0.717, 1.165) is 42.2 Å². The number of carbonyl (C=O) groups is 1. The summed E-state index contributed by atoms with van der Waals surface area (Å²) in [5.41, 5.74) is 1.78. The number of amides is 1. The lowest BCUT2D eigenvalue weighted by atomic mass is 9.97. The van der Waals surface area contributed by atoms with E-state index in [2.05, 4.69) is 20.2 Å². The number of hydrogen-bond donors (Lipinski definition) is 1. The van der Waals surface area contributed by atoms with Crippen LogP contribution >= 0.6 is 0 Å². The highest BCUT2D eigenvalue weighted by atomic mass is 16.3. The first-order valence-corrected chi connectivity index (χ1v) is 8.75. The van der Waals surface area contributed by atoms with Crippen molar-refractivity contribution >= 4 is 17.4 Å². The number of nitrogens with zero attached hydrogens (tertiary/aromatic N) is 3. The van der Waals surface area contributed by atoms with Gasteiger partial charge in [-0.3, -0.25) is 9.78 Å². The van der Waals surface area contributed by atoms with Crippen LogP contribution in [-0.4, -0.2) is 29.0 Å². The fourth-order valence-corrected chi connectivity index (χ4v) is 3.26. The molecule has 1 atom stereocenters. The lowest BCUT2D eigenvalue weighted by molar-refractivity contribution is -0.120. The maximum Gasteiger partial charge on any atom is 0.229 e. The molecule has 26 heavy (non-hydrogen) atoms. The molecular weight excluding hydrogens is 328 g/mol. The predicted octanol–water partition coefficient (Wildman–Crippen LogP) is 3.59. The topological polar surface area (TPSA) is 71.3 Å². The van der Waals surface area contributed by atoms with Crippen molar-refractivity contribution < 1.29 is 9.21 Å². The first-order valence-electron chi connectivity index (χ1n) is 8.75. The molecule has 1 N–H and O–H groups in total. The summed E-state index contributed by atoms with van der Waals surface area (Å²) in [7, 11) is 0. The van der Waals surface area contributed by atoms with E-state index in [0.29, 0.717) is 6.54 Å². The van der Waals surface area contributed by atoms with Crippen LogP contribution < -0.4 is 10.2 Å². The van der Waals surface area contributed by atoms with Gasteiger partial charge < -0.3 is 14.6 Å². The molecule has 6 nitrogen and oxygen atoms in total. The molecule has 0 radical (unpaired) electrons. The number of piperidine rings is 1. The van der Waals surface area contributed by atoms with E-state index in [1.165, 1.54) is 0 Å². The van der Waals surface area contributed by atoms with Gasteiger partial charge >= 0.3 is 0 Å². The summed E-state index contributed by atoms with van der Waals surface area (Å²) in [6.07, 6.45) is 8.58. The molecule has 0 saturated carbocycles. The first-order chi connectivity index (χ1) is 12.8. The Kier molecular flexibility index (Phi) is 4.64. The third-order valence-corrected chi connectivity index (χ3v) is 4.62. The van der Waals surface area contributed by atoms with Gasteiger partial charge in [-0.2, -0.15) is 0 Å². The summed E-state index contributed by atoms with van der Waals surface area (Å²) >= 11 is 0. The largest absolute Gasteiger partial charge is 0.464 e. The average molecular weight is 348 g/mol. The zero-order valence-electron chi connectivity index (χ0n) is 14.3. The molecule has 0 aliphatic carbocycles. The predicted molar refractivity (Wildman–Crippen MR) is 99.7 cm³/mol. The zero-order valence-corrected chi connectivity index (χ0v) is 14.3. The van der Waals surface area contributed by atoms with Crippen LogP contribution in [0.15, 0.2) is 65.7 Å². The number of nitrogens with one attached hydrogen (secondary N) is 1. The molecule has 1 unspecified atom stereocenters. The second-order valence-corrected chi connectivity index (χ2v) is 6.39. The summed E-state index contributed by atoms with van der Waals surface area (Å²) < 4.78 is 5.39. The minimum atomic E-state index is -0.0597. The highest BCUT2D eigenvalue weighted by molar-refractivity contribution is 5.93. The van der Waals surface area contributed by atoms with Gasteiger partial charge in [0.15, 0.2) is 0 Å². The number of anilines is 2. The Morgan fingerprint density at radius 2 is 2.08 bits per heavy atom. The first kappa shape index (κ1) is 16.3. The van der Waals surface area contributed by atoms with Crippen LogP contribution in [0.4, 0.5) is 11.5 Å². The lowest BCUT2D eigenvalue weighted by Gasteiger charge is -2.32. The Morgan fingerprint density at radius 3 is 2.81 bits per heavy atom. The number of benzene rings is 1. The van der Waals surface area contributed by atoms with E-state index in [4.69, 9.17) is 4.42 Å². The molecule has 4 rings (SSSR count). The van der Waals surface area contributed by atoms with Crippen LogP contribution in [0.25, 0.3) is 11.3 Å². The Bertz CT molecular complexity index is 847. The molecule has 0 bridgehead atoms. The number of aromatic nitrogens is 2. The average Bonchev–Trinajstić information content (AvgIpc) is 3.24. The summed E-state index contributed by atoms with van der Waals surface area (Å²) in [5.74, 6) is 1.63. The fourth-order valence-electron chi connectivity index (χ4n) is 3.26. The van der Waals surface area contributed by atoms with Crippen molar-refractivity contribution in [2.24, 2.45) is 5.92 Å². The summed E-state index contributed by atoms with van der Waals surface area (Å²) in [6.45, 7) is 1.56. The third kappa shape index (κ3) is 3.59. The molecule has 1 fully saturated rings. The van der Waals surface area contributed by atoms with E-state index < -0.39 is 0 Å². The van der Waals surface area contributed by atoms with Gasteiger partial charge in [0.1, 0.15) is 11.6 Å². The van der Waals surface area contributed by atoms with Gasteiger partial charge in [0.25, 0.3) is 0 Å². The van der Waals surface area contributed by atoms with Gasteiger partial charge in [0.2, 0.25) is 5.91 Å². The molecule has 1 saturated heterocycles. The number of carbonyl (C=O) groups excluding carboxylic acids is 1. The van der Waals surface area contributed by atoms with Gasteiger partial charge in [0.05, 0.1) is 18.4 Å². The van der Waals surface area contributed by atoms with Gasteiger partial charge in [-0.1, -0.05) is 0 Å². The molecule has 2 aromatic heterocycles. The van der Waals surface area contributed by atoms with E-state index in [9.17, 15) is 4.79 Å². The van der Waals surface area contributed by atoms with Crippen molar-refractivity contribution in [1.82, 2.24) is 9.97 Å². The van der Waals surface area contributed by atoms with Crippen LogP contribution in [0.2, 0.25) is 0 Å². The molecule has 0 spiro atoms. The second-order valence-electron chi connectivity index (χ2n) is 6.39. The number of hydrogen-bond acceptors (Lipinski definition) is 5. The zero-order chi connectivity index (χ0) is 17.8.